The Hall–Kier alpha value is -1.34. The Morgan fingerprint density at radius 2 is 1.86 bits per heavy atom. The molecule has 1 nitrogen and oxygen atoms in total. The van der Waals surface area contributed by atoms with Gasteiger partial charge in [0.05, 0.1) is 0 Å². The van der Waals surface area contributed by atoms with Crippen molar-refractivity contribution in [3.8, 4) is 11.1 Å². The second-order valence-corrected chi connectivity index (χ2v) is 3.58. The predicted octanol–water partition coefficient (Wildman–Crippen LogP) is 3.71. The fraction of sp³-hybridized carbons (Fsp3) is 0.0833. The Morgan fingerprint density at radius 1 is 1.14 bits per heavy atom. The highest BCUT2D eigenvalue weighted by Crippen LogP contribution is 2.26. The zero-order chi connectivity index (χ0) is 9.97. The summed E-state index contributed by atoms with van der Waals surface area (Å²) in [6.07, 6.45) is 1.77. The van der Waals surface area contributed by atoms with E-state index in [2.05, 4.69) is 4.98 Å². The van der Waals surface area contributed by atoms with Crippen molar-refractivity contribution < 1.29 is 0 Å². The average Bonchev–Trinajstić information content (AvgIpc) is 2.23. The molecule has 2 rings (SSSR count). The van der Waals surface area contributed by atoms with Crippen molar-refractivity contribution >= 4 is 11.6 Å². The molecule has 0 aliphatic rings. The Bertz CT molecular complexity index is 437. The summed E-state index contributed by atoms with van der Waals surface area (Å²) in [5.74, 6) is 0. The molecule has 70 valence electrons. The quantitative estimate of drug-likeness (QED) is 0.644. The van der Waals surface area contributed by atoms with Crippen LogP contribution in [0, 0.1) is 6.92 Å². The molecule has 0 saturated carbocycles. The van der Waals surface area contributed by atoms with Crippen LogP contribution < -0.4 is 0 Å². The lowest BCUT2D eigenvalue weighted by Gasteiger charge is -2.04. The van der Waals surface area contributed by atoms with Gasteiger partial charge in [-0.1, -0.05) is 41.9 Å². The molecule has 0 fully saturated rings. The first kappa shape index (κ1) is 9.22. The molecule has 1 aromatic heterocycles. The minimum absolute atomic E-state index is 0.557. The van der Waals surface area contributed by atoms with E-state index < -0.39 is 0 Å². The summed E-state index contributed by atoms with van der Waals surface area (Å²) in [4.78, 5) is 4.12. The largest absolute Gasteiger partial charge is 0.244 e. The summed E-state index contributed by atoms with van der Waals surface area (Å²) in [5.41, 5.74) is 3.22. The van der Waals surface area contributed by atoms with E-state index in [4.69, 9.17) is 11.6 Å². The first-order valence-corrected chi connectivity index (χ1v) is 4.83. The molecule has 0 atom stereocenters. The third kappa shape index (κ3) is 1.78. The normalized spacial score (nSPS) is 10.1. The molecule has 0 N–H and O–H groups in total. The van der Waals surface area contributed by atoms with Crippen molar-refractivity contribution in [3.63, 3.8) is 0 Å². The molecule has 0 saturated heterocycles. The van der Waals surface area contributed by atoms with Gasteiger partial charge in [0.15, 0.2) is 0 Å². The van der Waals surface area contributed by atoms with Crippen LogP contribution >= 0.6 is 11.6 Å². The zero-order valence-electron chi connectivity index (χ0n) is 7.87. The Kier molecular flexibility index (Phi) is 2.51. The van der Waals surface area contributed by atoms with E-state index in [1.807, 2.05) is 43.3 Å². The lowest BCUT2D eigenvalue weighted by atomic mass is 10.1. The number of nitrogens with zero attached hydrogens (tertiary/aromatic N) is 1. The van der Waals surface area contributed by atoms with Crippen LogP contribution in [0.15, 0.2) is 42.6 Å². The molecule has 0 aliphatic carbocycles. The molecular formula is C12H10ClN. The van der Waals surface area contributed by atoms with Crippen LogP contribution in [0.1, 0.15) is 5.56 Å². The first-order valence-electron chi connectivity index (χ1n) is 4.45. The summed E-state index contributed by atoms with van der Waals surface area (Å²) in [7, 11) is 0. The van der Waals surface area contributed by atoms with Crippen molar-refractivity contribution in [1.29, 1.82) is 0 Å². The molecule has 0 amide bonds. The van der Waals surface area contributed by atoms with Gasteiger partial charge in [-0.05, 0) is 24.1 Å². The van der Waals surface area contributed by atoms with Gasteiger partial charge in [0.25, 0.3) is 0 Å². The Labute approximate surface area is 88.4 Å². The van der Waals surface area contributed by atoms with Crippen LogP contribution in [0.4, 0.5) is 0 Å². The van der Waals surface area contributed by atoms with E-state index in [1.165, 1.54) is 0 Å². The van der Waals surface area contributed by atoms with Crippen LogP contribution in [0.5, 0.6) is 0 Å². The summed E-state index contributed by atoms with van der Waals surface area (Å²) >= 11 is 6.02. The maximum atomic E-state index is 6.02. The van der Waals surface area contributed by atoms with Gasteiger partial charge in [-0.15, -0.1) is 0 Å². The van der Waals surface area contributed by atoms with E-state index in [0.29, 0.717) is 5.15 Å². The van der Waals surface area contributed by atoms with E-state index in [0.717, 1.165) is 16.7 Å². The lowest BCUT2D eigenvalue weighted by molar-refractivity contribution is 1.27. The number of hydrogen-bond donors (Lipinski definition) is 0. The van der Waals surface area contributed by atoms with Gasteiger partial charge >= 0.3 is 0 Å². The summed E-state index contributed by atoms with van der Waals surface area (Å²) < 4.78 is 0. The minimum Gasteiger partial charge on any atom is -0.244 e. The summed E-state index contributed by atoms with van der Waals surface area (Å²) in [6, 6.07) is 12.1. The molecule has 1 heterocycles. The molecule has 0 bridgehead atoms. The molecule has 1 aromatic carbocycles. The Morgan fingerprint density at radius 3 is 2.57 bits per heavy atom. The second-order valence-electron chi connectivity index (χ2n) is 3.22. The van der Waals surface area contributed by atoms with Gasteiger partial charge in [0.1, 0.15) is 5.15 Å². The lowest BCUT2D eigenvalue weighted by Crippen LogP contribution is -1.84. The average molecular weight is 204 g/mol. The van der Waals surface area contributed by atoms with E-state index in [1.54, 1.807) is 6.20 Å². The molecule has 0 spiro atoms. The van der Waals surface area contributed by atoms with Gasteiger partial charge in [-0.25, -0.2) is 4.98 Å². The van der Waals surface area contributed by atoms with Crippen molar-refractivity contribution in [1.82, 2.24) is 4.98 Å². The van der Waals surface area contributed by atoms with Crippen molar-refractivity contribution in [3.05, 3.63) is 53.3 Å². The fourth-order valence-corrected chi connectivity index (χ4v) is 1.59. The maximum absolute atomic E-state index is 6.02. The smallest absolute Gasteiger partial charge is 0.136 e. The van der Waals surface area contributed by atoms with Crippen molar-refractivity contribution in [2.24, 2.45) is 0 Å². The second kappa shape index (κ2) is 3.81. The fourth-order valence-electron chi connectivity index (χ4n) is 1.37. The van der Waals surface area contributed by atoms with E-state index in [9.17, 15) is 0 Å². The summed E-state index contributed by atoms with van der Waals surface area (Å²) in [6.45, 7) is 2.01. The van der Waals surface area contributed by atoms with Crippen molar-refractivity contribution in [2.75, 3.05) is 0 Å². The standard InChI is InChI=1S/C12H10ClN/c1-9-7-11(12(13)14-8-9)10-5-3-2-4-6-10/h2-8H,1H3. The van der Waals surface area contributed by atoms with Crippen molar-refractivity contribution in [2.45, 2.75) is 6.92 Å². The molecule has 2 aromatic rings. The monoisotopic (exact) mass is 203 g/mol. The third-order valence-electron chi connectivity index (χ3n) is 2.06. The number of hydrogen-bond acceptors (Lipinski definition) is 1. The van der Waals surface area contributed by atoms with E-state index in [-0.39, 0.29) is 0 Å². The number of benzene rings is 1. The molecule has 0 radical (unpaired) electrons. The number of aromatic nitrogens is 1. The number of halogens is 1. The summed E-state index contributed by atoms with van der Waals surface area (Å²) in [5, 5.41) is 0.557. The molecule has 0 aliphatic heterocycles. The van der Waals surface area contributed by atoms with E-state index >= 15 is 0 Å². The highest BCUT2D eigenvalue weighted by molar-refractivity contribution is 6.32. The topological polar surface area (TPSA) is 12.9 Å². The van der Waals surface area contributed by atoms with Crippen LogP contribution in [0.3, 0.4) is 0 Å². The molecular weight excluding hydrogens is 194 g/mol. The minimum atomic E-state index is 0.557. The molecule has 2 heteroatoms. The molecule has 0 unspecified atom stereocenters. The first-order chi connectivity index (χ1) is 6.77. The van der Waals surface area contributed by atoms with Crippen LogP contribution in [-0.4, -0.2) is 4.98 Å². The van der Waals surface area contributed by atoms with Gasteiger partial charge in [-0.3, -0.25) is 0 Å². The third-order valence-corrected chi connectivity index (χ3v) is 2.36. The number of pyridine rings is 1. The number of rotatable bonds is 1. The van der Waals surface area contributed by atoms with Crippen LogP contribution in [0.2, 0.25) is 5.15 Å². The zero-order valence-corrected chi connectivity index (χ0v) is 8.62. The number of aryl methyl sites for hydroxylation is 1. The molecule has 14 heavy (non-hydrogen) atoms. The van der Waals surface area contributed by atoms with Crippen LogP contribution in [-0.2, 0) is 0 Å². The SMILES string of the molecule is Cc1cnc(Cl)c(-c2ccccc2)c1. The van der Waals surface area contributed by atoms with Gasteiger partial charge in [-0.2, -0.15) is 0 Å². The Balaban J connectivity index is 2.57. The van der Waals surface area contributed by atoms with Gasteiger partial charge in [0.2, 0.25) is 0 Å². The van der Waals surface area contributed by atoms with Crippen LogP contribution in [0.25, 0.3) is 11.1 Å². The highest BCUT2D eigenvalue weighted by atomic mass is 35.5. The van der Waals surface area contributed by atoms with Gasteiger partial charge in [0, 0.05) is 11.8 Å². The van der Waals surface area contributed by atoms with Gasteiger partial charge < -0.3 is 0 Å². The maximum Gasteiger partial charge on any atom is 0.136 e. The predicted molar refractivity (Wildman–Crippen MR) is 59.4 cm³/mol. The highest BCUT2D eigenvalue weighted by Gasteiger charge is 2.03.